The Morgan fingerprint density at radius 2 is 2.19 bits per heavy atom. The van der Waals surface area contributed by atoms with Crippen LogP contribution in [0.3, 0.4) is 0 Å². The molecule has 26 heavy (non-hydrogen) atoms. The molecule has 0 fully saturated rings. The molecule has 140 valence electrons. The first-order valence-electron chi connectivity index (χ1n) is 8.36. The van der Waals surface area contributed by atoms with Crippen LogP contribution < -0.4 is 4.72 Å². The van der Waals surface area contributed by atoms with E-state index in [0.717, 1.165) is 11.1 Å². The van der Waals surface area contributed by atoms with Crippen molar-refractivity contribution in [3.05, 3.63) is 47.3 Å². The average Bonchev–Trinajstić information content (AvgIpc) is 3.14. The number of carbonyl (C=O) groups is 1. The van der Waals surface area contributed by atoms with E-state index in [1.165, 1.54) is 12.3 Å². The van der Waals surface area contributed by atoms with Crippen molar-refractivity contribution in [2.24, 2.45) is 0 Å². The molecule has 0 radical (unpaired) electrons. The van der Waals surface area contributed by atoms with Crippen molar-refractivity contribution in [1.29, 1.82) is 0 Å². The van der Waals surface area contributed by atoms with E-state index in [-0.39, 0.29) is 23.0 Å². The molecule has 1 atom stereocenters. The molecular weight excluding hydrogens is 358 g/mol. The lowest BCUT2D eigenvalue weighted by Crippen LogP contribution is -2.36. The monoisotopic (exact) mass is 379 g/mol. The molecule has 3 rings (SSSR count). The standard InChI is InChI=1S/C17H21N3O5S/c1-12(21)4-7-18-26(23,24)15-3-2-13-5-8-20(11-14(13)10-15)17(22)16-6-9-25-19-16/h2-3,6,9-10,12,18,21H,4-5,7-8,11H2,1H3/t12-/m0/s1. The van der Waals surface area contributed by atoms with Crippen LogP contribution in [0.2, 0.25) is 0 Å². The highest BCUT2D eigenvalue weighted by Gasteiger charge is 2.25. The zero-order valence-corrected chi connectivity index (χ0v) is 15.2. The quantitative estimate of drug-likeness (QED) is 0.772. The Morgan fingerprint density at radius 1 is 1.38 bits per heavy atom. The van der Waals surface area contributed by atoms with E-state index in [4.69, 9.17) is 4.52 Å². The largest absolute Gasteiger partial charge is 0.393 e. The van der Waals surface area contributed by atoms with Gasteiger partial charge in [-0.25, -0.2) is 13.1 Å². The molecule has 0 saturated heterocycles. The molecular formula is C17H21N3O5S. The maximum absolute atomic E-state index is 12.4. The van der Waals surface area contributed by atoms with Crippen LogP contribution >= 0.6 is 0 Å². The van der Waals surface area contributed by atoms with Gasteiger partial charge < -0.3 is 14.5 Å². The van der Waals surface area contributed by atoms with Gasteiger partial charge >= 0.3 is 0 Å². The third-order valence-corrected chi connectivity index (χ3v) is 5.76. The molecule has 9 heteroatoms. The fourth-order valence-corrected chi connectivity index (χ4v) is 3.94. The minimum absolute atomic E-state index is 0.151. The zero-order valence-electron chi connectivity index (χ0n) is 14.4. The lowest BCUT2D eigenvalue weighted by atomic mass is 9.99. The summed E-state index contributed by atoms with van der Waals surface area (Å²) in [6, 6.07) is 6.46. The molecule has 1 aliphatic rings. The Labute approximate surface area is 151 Å². The summed E-state index contributed by atoms with van der Waals surface area (Å²) < 4.78 is 32.0. The zero-order chi connectivity index (χ0) is 18.7. The van der Waals surface area contributed by atoms with E-state index >= 15 is 0 Å². The van der Waals surface area contributed by atoms with Crippen molar-refractivity contribution >= 4 is 15.9 Å². The number of carbonyl (C=O) groups excluding carboxylic acids is 1. The third kappa shape index (κ3) is 4.12. The Balaban J connectivity index is 1.76. The van der Waals surface area contributed by atoms with Crippen LogP contribution in [-0.2, 0) is 23.0 Å². The van der Waals surface area contributed by atoms with Crippen molar-refractivity contribution < 1.29 is 22.8 Å². The van der Waals surface area contributed by atoms with Gasteiger partial charge in [-0.3, -0.25) is 4.79 Å². The molecule has 2 aromatic rings. The number of benzene rings is 1. The van der Waals surface area contributed by atoms with Gasteiger partial charge in [0.15, 0.2) is 5.69 Å². The van der Waals surface area contributed by atoms with Crippen molar-refractivity contribution in [1.82, 2.24) is 14.8 Å². The highest BCUT2D eigenvalue weighted by molar-refractivity contribution is 7.89. The second-order valence-electron chi connectivity index (χ2n) is 6.33. The van der Waals surface area contributed by atoms with Crippen LogP contribution in [0.15, 0.2) is 39.9 Å². The lowest BCUT2D eigenvalue weighted by molar-refractivity contribution is 0.0724. The molecule has 0 spiro atoms. The lowest BCUT2D eigenvalue weighted by Gasteiger charge is -2.28. The summed E-state index contributed by atoms with van der Waals surface area (Å²) in [5, 5.41) is 12.9. The van der Waals surface area contributed by atoms with E-state index in [9.17, 15) is 18.3 Å². The SMILES string of the molecule is C[C@H](O)CCNS(=O)(=O)c1ccc2c(c1)CN(C(=O)c1ccon1)CC2. The van der Waals surface area contributed by atoms with E-state index in [1.807, 2.05) is 0 Å². The molecule has 8 nitrogen and oxygen atoms in total. The number of aliphatic hydroxyl groups excluding tert-OH is 1. The van der Waals surface area contributed by atoms with E-state index < -0.39 is 16.1 Å². The number of hydrogen-bond donors (Lipinski definition) is 2. The number of fused-ring (bicyclic) bond motifs is 1. The molecule has 2 N–H and O–H groups in total. The highest BCUT2D eigenvalue weighted by atomic mass is 32.2. The predicted molar refractivity (Wildman–Crippen MR) is 92.9 cm³/mol. The first-order valence-corrected chi connectivity index (χ1v) is 9.84. The topological polar surface area (TPSA) is 113 Å². The molecule has 1 aromatic carbocycles. The fraction of sp³-hybridized carbons (Fsp3) is 0.412. The minimum Gasteiger partial charge on any atom is -0.393 e. The Morgan fingerprint density at radius 3 is 2.88 bits per heavy atom. The first kappa shape index (κ1) is 18.6. The normalized spacial score (nSPS) is 15.5. The molecule has 1 amide bonds. The summed E-state index contributed by atoms with van der Waals surface area (Å²) in [6.45, 7) is 2.62. The highest BCUT2D eigenvalue weighted by Crippen LogP contribution is 2.23. The summed E-state index contributed by atoms with van der Waals surface area (Å²) in [5.74, 6) is -0.243. The Hall–Kier alpha value is -2.23. The fourth-order valence-electron chi connectivity index (χ4n) is 2.84. The van der Waals surface area contributed by atoms with Crippen molar-refractivity contribution in [2.75, 3.05) is 13.1 Å². The van der Waals surface area contributed by atoms with Crippen LogP contribution in [0, 0.1) is 0 Å². The average molecular weight is 379 g/mol. The van der Waals surface area contributed by atoms with Crippen LogP contribution in [0.5, 0.6) is 0 Å². The van der Waals surface area contributed by atoms with Gasteiger partial charge in [-0.1, -0.05) is 11.2 Å². The molecule has 0 bridgehead atoms. The number of aromatic nitrogens is 1. The summed E-state index contributed by atoms with van der Waals surface area (Å²) in [5.41, 5.74) is 2.06. The summed E-state index contributed by atoms with van der Waals surface area (Å²) >= 11 is 0. The van der Waals surface area contributed by atoms with Crippen LogP contribution in [0.4, 0.5) is 0 Å². The van der Waals surface area contributed by atoms with Crippen LogP contribution in [0.25, 0.3) is 0 Å². The smallest absolute Gasteiger partial charge is 0.276 e. The molecule has 0 saturated carbocycles. The molecule has 0 unspecified atom stereocenters. The van der Waals surface area contributed by atoms with Gasteiger partial charge in [0.25, 0.3) is 5.91 Å². The van der Waals surface area contributed by atoms with Crippen molar-refractivity contribution in [2.45, 2.75) is 37.3 Å². The van der Waals surface area contributed by atoms with Crippen LogP contribution in [-0.4, -0.2) is 48.7 Å². The Bertz CT molecular complexity index is 878. The summed E-state index contributed by atoms with van der Waals surface area (Å²) in [4.78, 5) is 14.2. The number of sulfonamides is 1. The van der Waals surface area contributed by atoms with Crippen molar-refractivity contribution in [3.63, 3.8) is 0 Å². The molecule has 1 aromatic heterocycles. The third-order valence-electron chi connectivity index (χ3n) is 4.30. The second kappa shape index (κ2) is 7.56. The number of nitrogens with zero attached hydrogens (tertiary/aromatic N) is 2. The van der Waals surface area contributed by atoms with Crippen LogP contribution in [0.1, 0.15) is 35.0 Å². The minimum atomic E-state index is -3.66. The molecule has 0 aliphatic carbocycles. The molecule has 2 heterocycles. The number of rotatable bonds is 6. The maximum atomic E-state index is 12.4. The van der Waals surface area contributed by atoms with Gasteiger partial charge in [0, 0.05) is 25.7 Å². The Kier molecular flexibility index (Phi) is 5.40. The van der Waals surface area contributed by atoms with Gasteiger partial charge in [-0.15, -0.1) is 0 Å². The first-order chi connectivity index (χ1) is 12.4. The number of amides is 1. The van der Waals surface area contributed by atoms with Gasteiger partial charge in [0.05, 0.1) is 11.0 Å². The molecule has 1 aliphatic heterocycles. The summed E-state index contributed by atoms with van der Waals surface area (Å²) in [6.07, 6.45) is 1.76. The van der Waals surface area contributed by atoms with Gasteiger partial charge in [0.1, 0.15) is 6.26 Å². The second-order valence-corrected chi connectivity index (χ2v) is 8.09. The number of aliphatic hydroxyl groups is 1. The maximum Gasteiger partial charge on any atom is 0.276 e. The predicted octanol–water partition coefficient (Wildman–Crippen LogP) is 0.922. The van der Waals surface area contributed by atoms with E-state index in [1.54, 1.807) is 30.0 Å². The summed E-state index contributed by atoms with van der Waals surface area (Å²) in [7, 11) is -3.66. The van der Waals surface area contributed by atoms with E-state index in [0.29, 0.717) is 25.9 Å². The van der Waals surface area contributed by atoms with Gasteiger partial charge in [-0.2, -0.15) is 0 Å². The van der Waals surface area contributed by atoms with E-state index in [2.05, 4.69) is 9.88 Å². The number of hydrogen-bond acceptors (Lipinski definition) is 6. The number of nitrogens with one attached hydrogen (secondary N) is 1. The van der Waals surface area contributed by atoms with Gasteiger partial charge in [0.2, 0.25) is 10.0 Å². The van der Waals surface area contributed by atoms with Gasteiger partial charge in [-0.05, 0) is 43.0 Å². The van der Waals surface area contributed by atoms with Crippen molar-refractivity contribution in [3.8, 4) is 0 Å².